The molecular formula is C20H19FN4O4S. The minimum absolute atomic E-state index is 0.0754. The number of benzene rings is 2. The summed E-state index contributed by atoms with van der Waals surface area (Å²) < 4.78 is 23.9. The normalized spacial score (nSPS) is 11.1. The van der Waals surface area contributed by atoms with E-state index in [2.05, 4.69) is 15.5 Å². The van der Waals surface area contributed by atoms with E-state index in [-0.39, 0.29) is 29.1 Å². The number of hydrogen-bond donors (Lipinski definition) is 1. The van der Waals surface area contributed by atoms with E-state index in [0.717, 1.165) is 5.56 Å². The lowest BCUT2D eigenvalue weighted by Gasteiger charge is -2.14. The summed E-state index contributed by atoms with van der Waals surface area (Å²) in [5, 5.41) is 17.9. The number of nitro benzene ring substituents is 1. The van der Waals surface area contributed by atoms with Crippen molar-refractivity contribution in [3.8, 4) is 22.8 Å². The number of nitrogens with zero attached hydrogens (tertiary/aromatic N) is 3. The summed E-state index contributed by atoms with van der Waals surface area (Å²) in [6.45, 7) is 3.55. The largest absolute Gasteiger partial charge is 0.493 e. The van der Waals surface area contributed by atoms with Gasteiger partial charge in [-0.25, -0.2) is 9.37 Å². The van der Waals surface area contributed by atoms with E-state index in [1.807, 2.05) is 5.38 Å². The van der Waals surface area contributed by atoms with Gasteiger partial charge in [-0.15, -0.1) is 11.3 Å². The van der Waals surface area contributed by atoms with Gasteiger partial charge in [-0.3, -0.25) is 15.5 Å². The summed E-state index contributed by atoms with van der Waals surface area (Å²) in [5.74, 6) is 0.00456. The first-order chi connectivity index (χ1) is 14.4. The number of ether oxygens (including phenoxy) is 2. The van der Waals surface area contributed by atoms with Crippen molar-refractivity contribution in [3.05, 3.63) is 63.3 Å². The van der Waals surface area contributed by atoms with Crippen LogP contribution in [0.5, 0.6) is 11.5 Å². The maximum Gasteiger partial charge on any atom is 0.315 e. The molecule has 1 N–H and O–H groups in total. The Morgan fingerprint density at radius 3 is 2.67 bits per heavy atom. The van der Waals surface area contributed by atoms with Crippen molar-refractivity contribution in [2.24, 2.45) is 5.10 Å². The van der Waals surface area contributed by atoms with Gasteiger partial charge in [0.2, 0.25) is 10.9 Å². The predicted octanol–water partition coefficient (Wildman–Crippen LogP) is 5.10. The molecular weight excluding hydrogens is 411 g/mol. The van der Waals surface area contributed by atoms with Gasteiger partial charge in [0.05, 0.1) is 30.0 Å². The van der Waals surface area contributed by atoms with Crippen molar-refractivity contribution < 1.29 is 18.8 Å². The van der Waals surface area contributed by atoms with Crippen LogP contribution in [0.15, 0.2) is 46.9 Å². The molecule has 0 aliphatic carbocycles. The van der Waals surface area contributed by atoms with Crippen LogP contribution < -0.4 is 14.9 Å². The molecule has 2 aromatic carbocycles. The van der Waals surface area contributed by atoms with Gasteiger partial charge in [-0.05, 0) is 44.2 Å². The number of aromatic nitrogens is 1. The molecule has 8 nitrogen and oxygen atoms in total. The number of anilines is 1. The van der Waals surface area contributed by atoms with Crippen LogP contribution in [0.3, 0.4) is 0 Å². The number of halogens is 1. The molecule has 0 saturated carbocycles. The van der Waals surface area contributed by atoms with E-state index in [1.165, 1.54) is 42.9 Å². The van der Waals surface area contributed by atoms with E-state index < -0.39 is 4.92 Å². The number of nitrogens with one attached hydrogen (secondary N) is 1. The lowest BCUT2D eigenvalue weighted by Crippen LogP contribution is -2.09. The molecule has 0 unspecified atom stereocenters. The van der Waals surface area contributed by atoms with Gasteiger partial charge in [-0.2, -0.15) is 5.10 Å². The second kappa shape index (κ2) is 9.31. The van der Waals surface area contributed by atoms with E-state index in [0.29, 0.717) is 16.4 Å². The number of hydrazone groups is 1. The molecule has 3 aromatic rings. The second-order valence-electron chi connectivity index (χ2n) is 6.41. The first kappa shape index (κ1) is 21.2. The molecule has 10 heteroatoms. The fraction of sp³-hybridized carbons (Fsp3) is 0.200. The minimum Gasteiger partial charge on any atom is -0.493 e. The first-order valence-corrected chi connectivity index (χ1v) is 9.79. The third-order valence-corrected chi connectivity index (χ3v) is 4.59. The molecule has 0 spiro atoms. The molecule has 30 heavy (non-hydrogen) atoms. The van der Waals surface area contributed by atoms with Crippen LogP contribution >= 0.6 is 11.3 Å². The van der Waals surface area contributed by atoms with Gasteiger partial charge in [0.15, 0.2) is 5.75 Å². The molecule has 0 atom stereocenters. The lowest BCUT2D eigenvalue weighted by molar-refractivity contribution is -0.386. The van der Waals surface area contributed by atoms with Crippen LogP contribution in [0.4, 0.5) is 15.2 Å². The predicted molar refractivity (Wildman–Crippen MR) is 114 cm³/mol. The van der Waals surface area contributed by atoms with Crippen molar-refractivity contribution >= 4 is 28.4 Å². The SMILES string of the molecule is COc1cc(/C=N\Nc2nc(-c3ccc(F)cc3)cs2)cc([N+](=O)[O-])c1OC(C)C. The van der Waals surface area contributed by atoms with Crippen LogP contribution in [0.1, 0.15) is 19.4 Å². The minimum atomic E-state index is -0.527. The van der Waals surface area contributed by atoms with E-state index >= 15 is 0 Å². The first-order valence-electron chi connectivity index (χ1n) is 8.91. The Bertz CT molecular complexity index is 1070. The van der Waals surface area contributed by atoms with Crippen molar-refractivity contribution in [2.75, 3.05) is 12.5 Å². The molecule has 0 radical (unpaired) electrons. The third-order valence-electron chi connectivity index (χ3n) is 3.85. The standard InChI is InChI=1S/C20H19FN4O4S/c1-12(2)29-19-17(25(26)27)8-13(9-18(19)28-3)10-22-24-20-23-16(11-30-20)14-4-6-15(21)7-5-14/h4-12H,1-3H3,(H,23,24)/b22-10-. The quantitative estimate of drug-likeness (QED) is 0.303. The Balaban J connectivity index is 1.78. The van der Waals surface area contributed by atoms with E-state index in [1.54, 1.807) is 32.0 Å². The summed E-state index contributed by atoms with van der Waals surface area (Å²) in [5.41, 5.74) is 4.50. The smallest absolute Gasteiger partial charge is 0.315 e. The van der Waals surface area contributed by atoms with Gasteiger partial charge < -0.3 is 9.47 Å². The maximum atomic E-state index is 13.0. The van der Waals surface area contributed by atoms with Crippen LogP contribution in [-0.4, -0.2) is 29.3 Å². The van der Waals surface area contributed by atoms with Crippen LogP contribution in [0.2, 0.25) is 0 Å². The van der Waals surface area contributed by atoms with Gasteiger partial charge in [0, 0.05) is 22.6 Å². The molecule has 0 aliphatic heterocycles. The molecule has 0 saturated heterocycles. The zero-order valence-electron chi connectivity index (χ0n) is 16.5. The molecule has 1 heterocycles. The van der Waals surface area contributed by atoms with Crippen LogP contribution in [0, 0.1) is 15.9 Å². The molecule has 0 aliphatic rings. The average molecular weight is 430 g/mol. The Kier molecular flexibility index (Phi) is 6.58. The van der Waals surface area contributed by atoms with Crippen molar-refractivity contribution in [1.82, 2.24) is 4.98 Å². The highest BCUT2D eigenvalue weighted by atomic mass is 32.1. The molecule has 0 fully saturated rings. The molecule has 1 aromatic heterocycles. The van der Waals surface area contributed by atoms with Crippen LogP contribution in [-0.2, 0) is 0 Å². The number of rotatable bonds is 8. The van der Waals surface area contributed by atoms with Crippen LogP contribution in [0.25, 0.3) is 11.3 Å². The zero-order valence-corrected chi connectivity index (χ0v) is 17.3. The molecule has 0 amide bonds. The van der Waals surface area contributed by atoms with Gasteiger partial charge in [0.1, 0.15) is 5.82 Å². The fourth-order valence-electron chi connectivity index (χ4n) is 2.56. The highest BCUT2D eigenvalue weighted by Gasteiger charge is 2.23. The van der Waals surface area contributed by atoms with E-state index in [4.69, 9.17) is 9.47 Å². The van der Waals surface area contributed by atoms with Crippen molar-refractivity contribution in [2.45, 2.75) is 20.0 Å². The summed E-state index contributed by atoms with van der Waals surface area (Å²) in [7, 11) is 1.41. The number of methoxy groups -OCH3 is 1. The number of nitro groups is 1. The highest BCUT2D eigenvalue weighted by Crippen LogP contribution is 2.38. The summed E-state index contributed by atoms with van der Waals surface area (Å²) in [4.78, 5) is 15.3. The Morgan fingerprint density at radius 2 is 2.03 bits per heavy atom. The summed E-state index contributed by atoms with van der Waals surface area (Å²) in [6, 6.07) is 8.98. The van der Waals surface area contributed by atoms with E-state index in [9.17, 15) is 14.5 Å². The maximum absolute atomic E-state index is 13.0. The van der Waals surface area contributed by atoms with Gasteiger partial charge in [0.25, 0.3) is 0 Å². The Hall–Kier alpha value is -3.53. The lowest BCUT2D eigenvalue weighted by atomic mass is 10.2. The Labute approximate surface area is 176 Å². The average Bonchev–Trinajstić information content (AvgIpc) is 3.17. The zero-order chi connectivity index (χ0) is 21.7. The van der Waals surface area contributed by atoms with Crippen molar-refractivity contribution in [3.63, 3.8) is 0 Å². The molecule has 0 bridgehead atoms. The Morgan fingerprint density at radius 1 is 1.30 bits per heavy atom. The molecule has 156 valence electrons. The number of hydrogen-bond acceptors (Lipinski definition) is 8. The fourth-order valence-corrected chi connectivity index (χ4v) is 3.23. The van der Waals surface area contributed by atoms with Crippen molar-refractivity contribution in [1.29, 1.82) is 0 Å². The third kappa shape index (κ3) is 5.09. The topological polar surface area (TPSA) is 98.9 Å². The van der Waals surface area contributed by atoms with Gasteiger partial charge in [-0.1, -0.05) is 0 Å². The highest BCUT2D eigenvalue weighted by molar-refractivity contribution is 7.14. The molecule has 3 rings (SSSR count). The summed E-state index contributed by atoms with van der Waals surface area (Å²) in [6.07, 6.45) is 1.17. The second-order valence-corrected chi connectivity index (χ2v) is 7.27. The van der Waals surface area contributed by atoms with Gasteiger partial charge >= 0.3 is 5.69 Å². The number of thiazole rings is 1. The monoisotopic (exact) mass is 430 g/mol. The summed E-state index contributed by atoms with van der Waals surface area (Å²) >= 11 is 1.33.